The molecule has 0 unspecified atom stereocenters. The van der Waals surface area contributed by atoms with Gasteiger partial charge >= 0.3 is 0 Å². The SMILES string of the molecule is CCNC(=NCc1ccc(N2CCC(O)CC2)c(F)c1)NCc1ccccc1F. The molecule has 1 aliphatic heterocycles. The number of hydrogen-bond acceptors (Lipinski definition) is 3. The van der Waals surface area contributed by atoms with E-state index >= 15 is 0 Å². The van der Waals surface area contributed by atoms with Crippen LogP contribution < -0.4 is 15.5 Å². The number of benzene rings is 2. The third-order valence-electron chi connectivity index (χ3n) is 4.99. The maximum Gasteiger partial charge on any atom is 0.191 e. The van der Waals surface area contributed by atoms with Gasteiger partial charge in [0.05, 0.1) is 18.3 Å². The van der Waals surface area contributed by atoms with Gasteiger partial charge < -0.3 is 20.6 Å². The Morgan fingerprint density at radius 3 is 2.55 bits per heavy atom. The van der Waals surface area contributed by atoms with Crippen molar-refractivity contribution in [2.75, 3.05) is 24.5 Å². The van der Waals surface area contributed by atoms with Gasteiger partial charge in [-0.3, -0.25) is 0 Å². The Morgan fingerprint density at radius 1 is 1.10 bits per heavy atom. The summed E-state index contributed by atoms with van der Waals surface area (Å²) in [7, 11) is 0. The Balaban J connectivity index is 1.62. The molecule has 2 aromatic carbocycles. The highest BCUT2D eigenvalue weighted by Gasteiger charge is 2.19. The van der Waals surface area contributed by atoms with Gasteiger partial charge in [-0.15, -0.1) is 0 Å². The molecule has 1 fully saturated rings. The molecule has 5 nitrogen and oxygen atoms in total. The van der Waals surface area contributed by atoms with Gasteiger partial charge in [-0.05, 0) is 43.5 Å². The van der Waals surface area contributed by atoms with Crippen LogP contribution in [0.1, 0.15) is 30.9 Å². The van der Waals surface area contributed by atoms with E-state index in [9.17, 15) is 13.9 Å². The maximum absolute atomic E-state index is 14.6. The molecule has 0 saturated carbocycles. The highest BCUT2D eigenvalue weighted by atomic mass is 19.1. The number of piperidine rings is 1. The fourth-order valence-corrected chi connectivity index (χ4v) is 3.34. The highest BCUT2D eigenvalue weighted by molar-refractivity contribution is 5.79. The second kappa shape index (κ2) is 10.2. The van der Waals surface area contributed by atoms with E-state index < -0.39 is 0 Å². The number of rotatable bonds is 6. The third-order valence-corrected chi connectivity index (χ3v) is 4.99. The van der Waals surface area contributed by atoms with Crippen LogP contribution in [0.25, 0.3) is 0 Å². The summed E-state index contributed by atoms with van der Waals surface area (Å²) in [5, 5.41) is 15.8. The van der Waals surface area contributed by atoms with Gasteiger partial charge in [0.15, 0.2) is 5.96 Å². The first-order chi connectivity index (χ1) is 14.1. The van der Waals surface area contributed by atoms with Gasteiger partial charge in [-0.2, -0.15) is 0 Å². The number of guanidine groups is 1. The maximum atomic E-state index is 14.6. The number of aliphatic hydroxyl groups excluding tert-OH is 1. The second-order valence-corrected chi connectivity index (χ2v) is 7.14. The molecule has 3 rings (SSSR count). The van der Waals surface area contributed by atoms with Gasteiger partial charge in [0.25, 0.3) is 0 Å². The van der Waals surface area contributed by atoms with Gasteiger partial charge in [0, 0.05) is 31.7 Å². The molecule has 2 aromatic rings. The molecule has 0 radical (unpaired) electrons. The van der Waals surface area contributed by atoms with Crippen LogP contribution in [-0.4, -0.2) is 36.8 Å². The lowest BCUT2D eigenvalue weighted by Crippen LogP contribution is -2.37. The van der Waals surface area contributed by atoms with Crippen molar-refractivity contribution in [2.45, 2.75) is 39.0 Å². The Kier molecular flexibility index (Phi) is 7.41. The minimum Gasteiger partial charge on any atom is -0.393 e. The summed E-state index contributed by atoms with van der Waals surface area (Å²) < 4.78 is 28.4. The van der Waals surface area contributed by atoms with Crippen molar-refractivity contribution < 1.29 is 13.9 Å². The van der Waals surface area contributed by atoms with Crippen LogP contribution >= 0.6 is 0 Å². The molecule has 156 valence electrons. The van der Waals surface area contributed by atoms with Crippen LogP contribution in [0.5, 0.6) is 0 Å². The molecule has 0 aromatic heterocycles. The third kappa shape index (κ3) is 5.90. The molecule has 3 N–H and O–H groups in total. The summed E-state index contributed by atoms with van der Waals surface area (Å²) in [6.07, 6.45) is 1.03. The molecule has 1 aliphatic rings. The van der Waals surface area contributed by atoms with Gasteiger partial charge in [0.1, 0.15) is 11.6 Å². The summed E-state index contributed by atoms with van der Waals surface area (Å²) in [6.45, 7) is 4.54. The zero-order chi connectivity index (χ0) is 20.6. The van der Waals surface area contributed by atoms with E-state index in [2.05, 4.69) is 15.6 Å². The van der Waals surface area contributed by atoms with Crippen molar-refractivity contribution in [3.8, 4) is 0 Å². The Hall–Kier alpha value is -2.67. The fourth-order valence-electron chi connectivity index (χ4n) is 3.34. The van der Waals surface area contributed by atoms with Crippen LogP contribution in [0.15, 0.2) is 47.5 Å². The first-order valence-corrected chi connectivity index (χ1v) is 10.0. The smallest absolute Gasteiger partial charge is 0.191 e. The van der Waals surface area contributed by atoms with E-state index in [1.165, 1.54) is 12.1 Å². The molecule has 29 heavy (non-hydrogen) atoms. The first kappa shape index (κ1) is 21.0. The molecule has 0 amide bonds. The lowest BCUT2D eigenvalue weighted by Gasteiger charge is -2.31. The van der Waals surface area contributed by atoms with Crippen LogP contribution in [0.3, 0.4) is 0 Å². The molecule has 1 heterocycles. The normalized spacial score (nSPS) is 15.4. The van der Waals surface area contributed by atoms with Gasteiger partial charge in [-0.25, -0.2) is 13.8 Å². The number of aliphatic imine (C=N–C) groups is 1. The second-order valence-electron chi connectivity index (χ2n) is 7.14. The van der Waals surface area contributed by atoms with Crippen molar-refractivity contribution >= 4 is 11.6 Å². The number of nitrogens with zero attached hydrogens (tertiary/aromatic N) is 2. The van der Waals surface area contributed by atoms with Gasteiger partial charge in [-0.1, -0.05) is 24.3 Å². The summed E-state index contributed by atoms with van der Waals surface area (Å²) in [4.78, 5) is 6.45. The molecular weight excluding hydrogens is 374 g/mol. The van der Waals surface area contributed by atoms with E-state index in [4.69, 9.17) is 0 Å². The van der Waals surface area contributed by atoms with Crippen LogP contribution in [-0.2, 0) is 13.1 Å². The van der Waals surface area contributed by atoms with Crippen LogP contribution in [0.2, 0.25) is 0 Å². The molecular formula is C22H28F2N4O. The molecule has 0 atom stereocenters. The quantitative estimate of drug-likeness (QED) is 0.513. The molecule has 0 bridgehead atoms. The van der Waals surface area contributed by atoms with Crippen LogP contribution in [0, 0.1) is 11.6 Å². The predicted molar refractivity (Wildman–Crippen MR) is 112 cm³/mol. The molecule has 1 saturated heterocycles. The van der Waals surface area contributed by atoms with Crippen molar-refractivity contribution in [2.24, 2.45) is 4.99 Å². The van der Waals surface area contributed by atoms with Crippen LogP contribution in [0.4, 0.5) is 14.5 Å². The summed E-state index contributed by atoms with van der Waals surface area (Å²) in [6, 6.07) is 11.7. The molecule has 0 spiro atoms. The summed E-state index contributed by atoms with van der Waals surface area (Å²) in [5.74, 6) is 0.00222. The summed E-state index contributed by atoms with van der Waals surface area (Å²) >= 11 is 0. The minimum atomic E-state index is -0.288. The predicted octanol–water partition coefficient (Wildman–Crippen LogP) is 3.18. The Bertz CT molecular complexity index is 835. The van der Waals surface area contributed by atoms with Gasteiger partial charge in [0.2, 0.25) is 0 Å². The van der Waals surface area contributed by atoms with Crippen molar-refractivity contribution in [3.05, 3.63) is 65.2 Å². The topological polar surface area (TPSA) is 59.9 Å². The highest BCUT2D eigenvalue weighted by Crippen LogP contribution is 2.24. The number of aliphatic hydroxyl groups is 1. The van der Waals surface area contributed by atoms with Crippen molar-refractivity contribution in [3.63, 3.8) is 0 Å². The lowest BCUT2D eigenvalue weighted by molar-refractivity contribution is 0.145. The molecule has 0 aliphatic carbocycles. The number of halogens is 2. The monoisotopic (exact) mass is 402 g/mol. The van der Waals surface area contributed by atoms with Crippen molar-refractivity contribution in [1.82, 2.24) is 10.6 Å². The number of anilines is 1. The number of hydrogen-bond donors (Lipinski definition) is 3. The zero-order valence-corrected chi connectivity index (χ0v) is 16.7. The zero-order valence-electron chi connectivity index (χ0n) is 16.7. The lowest BCUT2D eigenvalue weighted by atomic mass is 10.1. The van der Waals surface area contributed by atoms with E-state index in [-0.39, 0.29) is 17.7 Å². The fraction of sp³-hybridized carbons (Fsp3) is 0.409. The van der Waals surface area contributed by atoms with E-state index in [1.54, 1.807) is 24.3 Å². The molecule has 7 heteroatoms. The average molecular weight is 402 g/mol. The average Bonchev–Trinajstić information content (AvgIpc) is 2.72. The first-order valence-electron chi connectivity index (χ1n) is 10.0. The van der Waals surface area contributed by atoms with Crippen molar-refractivity contribution in [1.29, 1.82) is 0 Å². The Morgan fingerprint density at radius 2 is 1.86 bits per heavy atom. The van der Waals surface area contributed by atoms with E-state index in [1.807, 2.05) is 17.9 Å². The largest absolute Gasteiger partial charge is 0.393 e. The van der Waals surface area contributed by atoms with E-state index in [0.717, 1.165) is 5.56 Å². The number of nitrogens with one attached hydrogen (secondary N) is 2. The minimum absolute atomic E-state index is 0.265. The summed E-state index contributed by atoms with van der Waals surface area (Å²) in [5.41, 5.74) is 1.88. The Labute approximate surface area is 170 Å². The van der Waals surface area contributed by atoms with E-state index in [0.29, 0.717) is 62.8 Å². The standard InChI is InChI=1S/C22H28F2N4O/c1-2-25-22(27-15-17-5-3-4-6-19(17)23)26-14-16-7-8-21(20(24)13-16)28-11-9-18(29)10-12-28/h3-8,13,18,29H,2,9-12,14-15H2,1H3,(H2,25,26,27).